The molecule has 0 spiro atoms. The summed E-state index contributed by atoms with van der Waals surface area (Å²) in [7, 11) is 0. The van der Waals surface area contributed by atoms with Gasteiger partial charge in [0.05, 0.1) is 4.92 Å². The third-order valence-electron chi connectivity index (χ3n) is 1.66. The van der Waals surface area contributed by atoms with Crippen molar-refractivity contribution in [1.82, 2.24) is 0 Å². The van der Waals surface area contributed by atoms with E-state index in [1.54, 1.807) is 0 Å². The maximum atomic E-state index is 10.3. The van der Waals surface area contributed by atoms with Gasteiger partial charge in [0.15, 0.2) is 11.5 Å². The van der Waals surface area contributed by atoms with E-state index in [0.717, 1.165) is 0 Å². The Bertz CT molecular complexity index is 398. The van der Waals surface area contributed by atoms with Crippen LogP contribution >= 0.6 is 0 Å². The van der Waals surface area contributed by atoms with Crippen LogP contribution in [0.15, 0.2) is 23.9 Å². The minimum absolute atomic E-state index is 0.0323. The zero-order valence-corrected chi connectivity index (χ0v) is 7.47. The summed E-state index contributed by atoms with van der Waals surface area (Å²) in [5.74, 6) is -0.546. The highest BCUT2D eigenvalue weighted by Crippen LogP contribution is 2.25. The Labute approximate surface area is 80.1 Å². The van der Waals surface area contributed by atoms with Gasteiger partial charge in [0.1, 0.15) is 0 Å². The Morgan fingerprint density at radius 3 is 2.57 bits per heavy atom. The number of phenols is 2. The van der Waals surface area contributed by atoms with Crippen molar-refractivity contribution in [3.05, 3.63) is 39.6 Å². The standard InChI is InChI=1S/C9H9NO4/c1-6(10(13)14)4-7-2-3-8(11)9(12)5-7/h2-5,11-12H,1H3/b6-4-. The zero-order chi connectivity index (χ0) is 10.7. The van der Waals surface area contributed by atoms with Crippen LogP contribution in [0, 0.1) is 10.1 Å². The van der Waals surface area contributed by atoms with Crippen molar-refractivity contribution in [3.8, 4) is 11.5 Å². The number of hydrogen-bond donors (Lipinski definition) is 2. The van der Waals surface area contributed by atoms with Crippen LogP contribution in [-0.2, 0) is 0 Å². The first-order valence-electron chi connectivity index (χ1n) is 3.85. The van der Waals surface area contributed by atoms with E-state index in [1.165, 1.54) is 31.2 Å². The van der Waals surface area contributed by atoms with E-state index in [-0.39, 0.29) is 17.2 Å². The summed E-state index contributed by atoms with van der Waals surface area (Å²) in [4.78, 5) is 9.76. The predicted octanol–water partition coefficient (Wildman–Crippen LogP) is 1.74. The van der Waals surface area contributed by atoms with Crippen molar-refractivity contribution in [2.45, 2.75) is 6.92 Å². The van der Waals surface area contributed by atoms with E-state index in [1.807, 2.05) is 0 Å². The minimum Gasteiger partial charge on any atom is -0.504 e. The molecule has 0 unspecified atom stereocenters. The van der Waals surface area contributed by atoms with E-state index < -0.39 is 4.92 Å². The molecular weight excluding hydrogens is 186 g/mol. The molecule has 5 heteroatoms. The van der Waals surface area contributed by atoms with E-state index in [9.17, 15) is 10.1 Å². The summed E-state index contributed by atoms with van der Waals surface area (Å²) in [6, 6.07) is 4.00. The molecule has 1 aromatic rings. The average Bonchev–Trinajstić information content (AvgIpc) is 2.11. The molecule has 0 atom stereocenters. The number of allylic oxidation sites excluding steroid dienone is 1. The molecule has 5 nitrogen and oxygen atoms in total. The fraction of sp³-hybridized carbons (Fsp3) is 0.111. The number of nitrogens with zero attached hydrogens (tertiary/aromatic N) is 1. The first kappa shape index (κ1) is 10.0. The molecule has 0 amide bonds. The van der Waals surface area contributed by atoms with Crippen LogP contribution in [0.3, 0.4) is 0 Å². The second-order valence-corrected chi connectivity index (χ2v) is 2.79. The Morgan fingerprint density at radius 2 is 2.07 bits per heavy atom. The van der Waals surface area contributed by atoms with Crippen molar-refractivity contribution < 1.29 is 15.1 Å². The molecule has 0 fully saturated rings. The quantitative estimate of drug-likeness (QED) is 0.427. The van der Waals surface area contributed by atoms with Crippen LogP contribution in [0.1, 0.15) is 12.5 Å². The van der Waals surface area contributed by atoms with Gasteiger partial charge in [0, 0.05) is 13.0 Å². The highest BCUT2D eigenvalue weighted by molar-refractivity contribution is 5.55. The van der Waals surface area contributed by atoms with Crippen molar-refractivity contribution in [1.29, 1.82) is 0 Å². The van der Waals surface area contributed by atoms with Gasteiger partial charge in [-0.1, -0.05) is 6.07 Å². The van der Waals surface area contributed by atoms with Crippen LogP contribution < -0.4 is 0 Å². The van der Waals surface area contributed by atoms with Crippen LogP contribution in [0.5, 0.6) is 11.5 Å². The van der Waals surface area contributed by atoms with Gasteiger partial charge in [0.2, 0.25) is 5.70 Å². The second-order valence-electron chi connectivity index (χ2n) is 2.79. The molecule has 0 aliphatic heterocycles. The predicted molar refractivity (Wildman–Crippen MR) is 50.4 cm³/mol. The van der Waals surface area contributed by atoms with Crippen LogP contribution in [0.25, 0.3) is 6.08 Å². The third-order valence-corrected chi connectivity index (χ3v) is 1.66. The first-order chi connectivity index (χ1) is 6.50. The van der Waals surface area contributed by atoms with Crippen molar-refractivity contribution in [2.75, 3.05) is 0 Å². The van der Waals surface area contributed by atoms with E-state index >= 15 is 0 Å². The average molecular weight is 195 g/mol. The first-order valence-corrected chi connectivity index (χ1v) is 3.85. The molecule has 0 saturated carbocycles. The SMILES string of the molecule is C/C(=C/c1ccc(O)c(O)c1)[N+](=O)[O-]. The van der Waals surface area contributed by atoms with Gasteiger partial charge >= 0.3 is 0 Å². The molecule has 1 rings (SSSR count). The Balaban J connectivity index is 3.04. The lowest BCUT2D eigenvalue weighted by Crippen LogP contribution is -1.92. The third kappa shape index (κ3) is 2.22. The minimum atomic E-state index is -0.524. The van der Waals surface area contributed by atoms with E-state index in [0.29, 0.717) is 5.56 Å². The summed E-state index contributed by atoms with van der Waals surface area (Å²) in [6.45, 7) is 1.35. The molecule has 0 radical (unpaired) electrons. The smallest absolute Gasteiger partial charge is 0.243 e. The normalized spacial score (nSPS) is 11.4. The number of nitro groups is 1. The van der Waals surface area contributed by atoms with Crippen molar-refractivity contribution in [2.24, 2.45) is 0 Å². The monoisotopic (exact) mass is 195 g/mol. The van der Waals surface area contributed by atoms with Gasteiger partial charge < -0.3 is 10.2 Å². The maximum Gasteiger partial charge on any atom is 0.243 e. The molecule has 0 aliphatic carbocycles. The van der Waals surface area contributed by atoms with Crippen LogP contribution in [0.2, 0.25) is 0 Å². The van der Waals surface area contributed by atoms with Crippen LogP contribution in [0.4, 0.5) is 0 Å². The molecule has 2 N–H and O–H groups in total. The van der Waals surface area contributed by atoms with Gasteiger partial charge in [-0.25, -0.2) is 0 Å². The fourth-order valence-electron chi connectivity index (χ4n) is 0.924. The zero-order valence-electron chi connectivity index (χ0n) is 7.47. The summed E-state index contributed by atoms with van der Waals surface area (Å²) >= 11 is 0. The Kier molecular flexibility index (Phi) is 2.71. The molecule has 0 heterocycles. The number of phenolic OH excluding ortho intramolecular Hbond substituents is 2. The molecule has 74 valence electrons. The Hall–Kier alpha value is -2.04. The number of aromatic hydroxyl groups is 2. The molecule has 1 aromatic carbocycles. The summed E-state index contributed by atoms with van der Waals surface area (Å²) in [6.07, 6.45) is 1.30. The molecular formula is C9H9NO4. The molecule has 0 aliphatic rings. The topological polar surface area (TPSA) is 83.6 Å². The largest absolute Gasteiger partial charge is 0.504 e. The lowest BCUT2D eigenvalue weighted by molar-refractivity contribution is -0.422. The van der Waals surface area contributed by atoms with E-state index in [2.05, 4.69) is 0 Å². The van der Waals surface area contributed by atoms with Gasteiger partial charge in [0.25, 0.3) is 0 Å². The van der Waals surface area contributed by atoms with Crippen LogP contribution in [-0.4, -0.2) is 15.1 Å². The lowest BCUT2D eigenvalue weighted by atomic mass is 10.2. The lowest BCUT2D eigenvalue weighted by Gasteiger charge is -1.98. The summed E-state index contributed by atoms with van der Waals surface area (Å²) in [5, 5.41) is 28.4. The Morgan fingerprint density at radius 1 is 1.43 bits per heavy atom. The van der Waals surface area contributed by atoms with Gasteiger partial charge in [-0.3, -0.25) is 10.1 Å². The molecule has 14 heavy (non-hydrogen) atoms. The number of hydrogen-bond acceptors (Lipinski definition) is 4. The summed E-state index contributed by atoms with van der Waals surface area (Å²) in [5.41, 5.74) is 0.435. The molecule has 0 saturated heterocycles. The highest BCUT2D eigenvalue weighted by Gasteiger charge is 2.04. The van der Waals surface area contributed by atoms with Gasteiger partial charge in [-0.05, 0) is 17.7 Å². The molecule has 0 bridgehead atoms. The molecule has 0 aromatic heterocycles. The van der Waals surface area contributed by atoms with Crippen molar-refractivity contribution >= 4 is 6.08 Å². The van der Waals surface area contributed by atoms with Gasteiger partial charge in [-0.15, -0.1) is 0 Å². The van der Waals surface area contributed by atoms with Crippen molar-refractivity contribution in [3.63, 3.8) is 0 Å². The summed E-state index contributed by atoms with van der Waals surface area (Å²) < 4.78 is 0. The maximum absolute atomic E-state index is 10.3. The second kappa shape index (κ2) is 3.78. The van der Waals surface area contributed by atoms with E-state index in [4.69, 9.17) is 10.2 Å². The highest BCUT2D eigenvalue weighted by atomic mass is 16.6. The number of benzene rings is 1. The van der Waals surface area contributed by atoms with Gasteiger partial charge in [-0.2, -0.15) is 0 Å². The number of rotatable bonds is 2. The fourth-order valence-corrected chi connectivity index (χ4v) is 0.924.